The van der Waals surface area contributed by atoms with E-state index in [9.17, 15) is 14.7 Å². The van der Waals surface area contributed by atoms with Crippen LogP contribution in [0.1, 0.15) is 22.0 Å². The SMILES string of the molecule is COC(=O)c1cccc([C@H](O)C(=O)OC)c1. The van der Waals surface area contributed by atoms with E-state index in [4.69, 9.17) is 0 Å². The molecule has 0 spiro atoms. The molecule has 0 aliphatic heterocycles. The molecule has 5 heteroatoms. The molecule has 0 saturated heterocycles. The summed E-state index contributed by atoms with van der Waals surface area (Å²) in [6, 6.07) is 5.98. The Morgan fingerprint density at radius 2 is 1.94 bits per heavy atom. The number of carbonyl (C=O) groups excluding carboxylic acids is 2. The van der Waals surface area contributed by atoms with E-state index in [1.165, 1.54) is 32.4 Å². The number of hydrogen-bond acceptors (Lipinski definition) is 5. The van der Waals surface area contributed by atoms with Gasteiger partial charge in [-0.3, -0.25) is 0 Å². The molecule has 0 amide bonds. The number of hydrogen-bond donors (Lipinski definition) is 1. The first-order valence-corrected chi connectivity index (χ1v) is 4.54. The van der Waals surface area contributed by atoms with Gasteiger partial charge in [0.25, 0.3) is 0 Å². The molecule has 0 bridgehead atoms. The molecule has 0 aliphatic rings. The average Bonchev–Trinajstić information content (AvgIpc) is 2.36. The lowest BCUT2D eigenvalue weighted by atomic mass is 10.1. The Balaban J connectivity index is 2.98. The number of benzene rings is 1. The Hall–Kier alpha value is -1.88. The fraction of sp³-hybridized carbons (Fsp3) is 0.273. The molecule has 1 atom stereocenters. The molecule has 0 unspecified atom stereocenters. The molecule has 0 aliphatic carbocycles. The Morgan fingerprint density at radius 3 is 2.50 bits per heavy atom. The van der Waals surface area contributed by atoms with Crippen molar-refractivity contribution in [3.63, 3.8) is 0 Å². The second-order valence-corrected chi connectivity index (χ2v) is 3.04. The highest BCUT2D eigenvalue weighted by Gasteiger charge is 2.19. The monoisotopic (exact) mass is 224 g/mol. The van der Waals surface area contributed by atoms with E-state index >= 15 is 0 Å². The fourth-order valence-electron chi connectivity index (χ4n) is 1.20. The summed E-state index contributed by atoms with van der Waals surface area (Å²) in [4.78, 5) is 22.3. The summed E-state index contributed by atoms with van der Waals surface area (Å²) < 4.78 is 8.91. The van der Waals surface area contributed by atoms with Gasteiger partial charge in [0.05, 0.1) is 19.8 Å². The van der Waals surface area contributed by atoms with Crippen molar-refractivity contribution in [2.75, 3.05) is 14.2 Å². The van der Waals surface area contributed by atoms with E-state index in [1.807, 2.05) is 0 Å². The molecule has 0 heterocycles. The highest BCUT2D eigenvalue weighted by molar-refractivity contribution is 5.90. The van der Waals surface area contributed by atoms with E-state index in [0.29, 0.717) is 0 Å². The van der Waals surface area contributed by atoms with Crippen molar-refractivity contribution in [2.24, 2.45) is 0 Å². The van der Waals surface area contributed by atoms with Crippen LogP contribution in [-0.2, 0) is 14.3 Å². The molecule has 1 aromatic rings. The Labute approximate surface area is 92.6 Å². The number of rotatable bonds is 3. The van der Waals surface area contributed by atoms with Gasteiger partial charge in [-0.2, -0.15) is 0 Å². The molecular weight excluding hydrogens is 212 g/mol. The van der Waals surface area contributed by atoms with Gasteiger partial charge in [0.15, 0.2) is 6.10 Å². The standard InChI is InChI=1S/C11H12O5/c1-15-10(13)8-5-3-4-7(6-8)9(12)11(14)16-2/h3-6,9,12H,1-2H3/t9-/m0/s1. The third-order valence-electron chi connectivity index (χ3n) is 2.05. The zero-order chi connectivity index (χ0) is 12.1. The molecule has 5 nitrogen and oxygen atoms in total. The van der Waals surface area contributed by atoms with Crippen molar-refractivity contribution >= 4 is 11.9 Å². The van der Waals surface area contributed by atoms with Gasteiger partial charge in [0.1, 0.15) is 0 Å². The van der Waals surface area contributed by atoms with Gasteiger partial charge in [-0.25, -0.2) is 9.59 Å². The first-order valence-electron chi connectivity index (χ1n) is 4.54. The van der Waals surface area contributed by atoms with Gasteiger partial charge in [-0.15, -0.1) is 0 Å². The maximum atomic E-state index is 11.2. The van der Waals surface area contributed by atoms with Gasteiger partial charge in [-0.1, -0.05) is 12.1 Å². The molecule has 16 heavy (non-hydrogen) atoms. The van der Waals surface area contributed by atoms with Gasteiger partial charge in [-0.05, 0) is 17.7 Å². The van der Waals surface area contributed by atoms with E-state index in [0.717, 1.165) is 0 Å². The predicted molar refractivity (Wildman–Crippen MR) is 54.8 cm³/mol. The average molecular weight is 224 g/mol. The van der Waals surface area contributed by atoms with Crippen LogP contribution in [0.3, 0.4) is 0 Å². The first kappa shape index (κ1) is 12.2. The van der Waals surface area contributed by atoms with Crippen LogP contribution >= 0.6 is 0 Å². The smallest absolute Gasteiger partial charge is 0.339 e. The van der Waals surface area contributed by atoms with Crippen LogP contribution in [0.5, 0.6) is 0 Å². The minimum absolute atomic E-state index is 0.267. The maximum absolute atomic E-state index is 11.2. The van der Waals surface area contributed by atoms with Crippen LogP contribution in [-0.4, -0.2) is 31.3 Å². The molecule has 1 aromatic carbocycles. The Bertz CT molecular complexity index is 399. The number of carbonyl (C=O) groups is 2. The quantitative estimate of drug-likeness (QED) is 0.764. The summed E-state index contributed by atoms with van der Waals surface area (Å²) in [5.74, 6) is -1.30. The Morgan fingerprint density at radius 1 is 1.25 bits per heavy atom. The van der Waals surface area contributed by atoms with Crippen LogP contribution < -0.4 is 0 Å². The lowest BCUT2D eigenvalue weighted by Gasteiger charge is -2.09. The summed E-state index contributed by atoms with van der Waals surface area (Å²) in [7, 11) is 2.43. The lowest BCUT2D eigenvalue weighted by molar-refractivity contribution is -0.150. The first-order chi connectivity index (χ1) is 7.60. The van der Waals surface area contributed by atoms with Crippen molar-refractivity contribution in [3.05, 3.63) is 35.4 Å². The second kappa shape index (κ2) is 5.27. The minimum atomic E-state index is -1.39. The highest BCUT2D eigenvalue weighted by Crippen LogP contribution is 2.16. The van der Waals surface area contributed by atoms with Gasteiger partial charge in [0, 0.05) is 0 Å². The zero-order valence-electron chi connectivity index (χ0n) is 8.97. The van der Waals surface area contributed by atoms with Crippen molar-refractivity contribution in [3.8, 4) is 0 Å². The van der Waals surface area contributed by atoms with E-state index in [-0.39, 0.29) is 11.1 Å². The number of ether oxygens (including phenoxy) is 2. The van der Waals surface area contributed by atoms with Gasteiger partial charge >= 0.3 is 11.9 Å². The summed E-state index contributed by atoms with van der Waals surface area (Å²) in [6.45, 7) is 0. The number of aliphatic hydroxyl groups is 1. The molecule has 0 aromatic heterocycles. The minimum Gasteiger partial charge on any atom is -0.467 e. The normalized spacial score (nSPS) is 11.7. The molecule has 0 saturated carbocycles. The number of esters is 2. The molecule has 1 N–H and O–H groups in total. The third-order valence-corrected chi connectivity index (χ3v) is 2.05. The van der Waals surface area contributed by atoms with E-state index in [2.05, 4.69) is 9.47 Å². The van der Waals surface area contributed by atoms with E-state index in [1.54, 1.807) is 6.07 Å². The molecule has 0 fully saturated rings. The van der Waals surface area contributed by atoms with Crippen LogP contribution in [0.2, 0.25) is 0 Å². The third kappa shape index (κ3) is 2.58. The van der Waals surface area contributed by atoms with Crippen LogP contribution in [0.15, 0.2) is 24.3 Å². The predicted octanol–water partition coefficient (Wildman–Crippen LogP) is 0.680. The van der Waals surface area contributed by atoms with Crippen molar-refractivity contribution < 1.29 is 24.2 Å². The van der Waals surface area contributed by atoms with Gasteiger partial charge < -0.3 is 14.6 Å². The number of aliphatic hydroxyl groups excluding tert-OH is 1. The second-order valence-electron chi connectivity index (χ2n) is 3.04. The lowest BCUT2D eigenvalue weighted by Crippen LogP contribution is -2.14. The topological polar surface area (TPSA) is 72.8 Å². The maximum Gasteiger partial charge on any atom is 0.339 e. The van der Waals surface area contributed by atoms with Crippen molar-refractivity contribution in [1.29, 1.82) is 0 Å². The Kier molecular flexibility index (Phi) is 4.02. The van der Waals surface area contributed by atoms with Crippen LogP contribution in [0.4, 0.5) is 0 Å². The largest absolute Gasteiger partial charge is 0.467 e. The molecule has 1 rings (SSSR count). The molecule has 0 radical (unpaired) electrons. The van der Waals surface area contributed by atoms with Crippen LogP contribution in [0.25, 0.3) is 0 Å². The summed E-state index contributed by atoms with van der Waals surface area (Å²) in [5.41, 5.74) is 0.553. The van der Waals surface area contributed by atoms with Crippen molar-refractivity contribution in [2.45, 2.75) is 6.10 Å². The van der Waals surface area contributed by atoms with Gasteiger partial charge in [0.2, 0.25) is 0 Å². The molecule has 86 valence electrons. The van der Waals surface area contributed by atoms with E-state index < -0.39 is 18.0 Å². The van der Waals surface area contributed by atoms with Crippen molar-refractivity contribution in [1.82, 2.24) is 0 Å². The highest BCUT2D eigenvalue weighted by atomic mass is 16.5. The fourth-order valence-corrected chi connectivity index (χ4v) is 1.20. The molecular formula is C11H12O5. The summed E-state index contributed by atoms with van der Waals surface area (Å²) in [5, 5.41) is 9.54. The van der Waals surface area contributed by atoms with Crippen LogP contribution in [0, 0.1) is 0 Å². The zero-order valence-corrected chi connectivity index (χ0v) is 8.97. The number of methoxy groups -OCH3 is 2. The summed E-state index contributed by atoms with van der Waals surface area (Å²) >= 11 is 0. The summed E-state index contributed by atoms with van der Waals surface area (Å²) in [6.07, 6.45) is -1.39.